The van der Waals surface area contributed by atoms with E-state index >= 15 is 0 Å². The van der Waals surface area contributed by atoms with Crippen LogP contribution in [-0.4, -0.2) is 49.9 Å². The highest BCUT2D eigenvalue weighted by Crippen LogP contribution is 2.29. The van der Waals surface area contributed by atoms with Gasteiger partial charge in [0.2, 0.25) is 10.0 Å². The van der Waals surface area contributed by atoms with Gasteiger partial charge in [-0.1, -0.05) is 6.07 Å². The lowest BCUT2D eigenvalue weighted by Crippen LogP contribution is -2.41. The molecule has 1 aliphatic heterocycles. The number of amides is 1. The highest BCUT2D eigenvalue weighted by atomic mass is 32.2. The smallest absolute Gasteiger partial charge is 0.267 e. The first kappa shape index (κ1) is 19.0. The zero-order valence-electron chi connectivity index (χ0n) is 15.2. The number of nitrogens with one attached hydrogen (secondary N) is 1. The van der Waals surface area contributed by atoms with E-state index in [1.54, 1.807) is 23.7 Å². The number of aromatic nitrogens is 1. The normalized spacial score (nSPS) is 15.6. The summed E-state index contributed by atoms with van der Waals surface area (Å²) in [7, 11) is -3.75. The number of morpholine rings is 1. The number of nitrogens with zero attached hydrogens (tertiary/aromatic N) is 2. The van der Waals surface area contributed by atoms with Crippen molar-refractivity contribution in [3.63, 3.8) is 0 Å². The number of carbonyl (C=O) groups excluding carboxylic acids is 1. The third kappa shape index (κ3) is 3.42. The SMILES string of the molecule is Cc1ccc(NC(=O)c2sccc2S(=O)(=O)N2CCOCC2)c2cccnc12. The number of carbonyl (C=O) groups is 1. The first-order chi connectivity index (χ1) is 13.5. The summed E-state index contributed by atoms with van der Waals surface area (Å²) < 4.78 is 32.5. The second kappa shape index (κ2) is 7.59. The van der Waals surface area contributed by atoms with Crippen molar-refractivity contribution in [1.29, 1.82) is 0 Å². The number of hydrogen-bond donors (Lipinski definition) is 1. The Bertz CT molecular complexity index is 1140. The van der Waals surface area contributed by atoms with E-state index in [0.717, 1.165) is 27.8 Å². The standard InChI is InChI=1S/C19H19N3O4S2/c1-13-4-5-15(14-3-2-7-20-17(13)14)21-19(23)18-16(6-12-27-18)28(24,25)22-8-10-26-11-9-22/h2-7,12H,8-11H2,1H3,(H,21,23). The molecule has 9 heteroatoms. The minimum Gasteiger partial charge on any atom is -0.379 e. The fourth-order valence-corrected chi connectivity index (χ4v) is 5.90. The maximum Gasteiger partial charge on any atom is 0.267 e. The minimum atomic E-state index is -3.75. The molecule has 28 heavy (non-hydrogen) atoms. The van der Waals surface area contributed by atoms with Gasteiger partial charge in [0, 0.05) is 24.7 Å². The number of sulfonamides is 1. The van der Waals surface area contributed by atoms with Crippen LogP contribution in [0.4, 0.5) is 5.69 Å². The topological polar surface area (TPSA) is 88.6 Å². The number of fused-ring (bicyclic) bond motifs is 1. The molecule has 1 N–H and O–H groups in total. The Kier molecular flexibility index (Phi) is 5.15. The predicted molar refractivity (Wildman–Crippen MR) is 108 cm³/mol. The molecule has 2 aromatic heterocycles. The van der Waals surface area contributed by atoms with Crippen molar-refractivity contribution in [2.45, 2.75) is 11.8 Å². The van der Waals surface area contributed by atoms with Crippen molar-refractivity contribution in [1.82, 2.24) is 9.29 Å². The Morgan fingerprint density at radius 2 is 2.00 bits per heavy atom. The molecule has 0 spiro atoms. The molecule has 3 aromatic rings. The number of ether oxygens (including phenoxy) is 1. The van der Waals surface area contributed by atoms with E-state index in [1.807, 2.05) is 19.1 Å². The maximum absolute atomic E-state index is 13.0. The highest BCUT2D eigenvalue weighted by molar-refractivity contribution is 7.89. The van der Waals surface area contributed by atoms with Gasteiger partial charge in [-0.05, 0) is 42.1 Å². The lowest BCUT2D eigenvalue weighted by Gasteiger charge is -2.26. The molecule has 1 aliphatic rings. The van der Waals surface area contributed by atoms with Crippen LogP contribution in [0.2, 0.25) is 0 Å². The van der Waals surface area contributed by atoms with Crippen LogP contribution in [0.3, 0.4) is 0 Å². The van der Waals surface area contributed by atoms with Gasteiger partial charge in [-0.3, -0.25) is 9.78 Å². The molecule has 0 unspecified atom stereocenters. The first-order valence-electron chi connectivity index (χ1n) is 8.79. The Morgan fingerprint density at radius 3 is 2.79 bits per heavy atom. The molecule has 1 amide bonds. The zero-order chi connectivity index (χ0) is 19.7. The molecule has 1 aromatic carbocycles. The molecular weight excluding hydrogens is 398 g/mol. The Labute approximate surface area is 167 Å². The minimum absolute atomic E-state index is 0.0337. The van der Waals surface area contributed by atoms with E-state index < -0.39 is 15.9 Å². The van der Waals surface area contributed by atoms with Gasteiger partial charge < -0.3 is 10.1 Å². The van der Waals surface area contributed by atoms with E-state index in [-0.39, 0.29) is 22.9 Å². The van der Waals surface area contributed by atoms with Crippen molar-refractivity contribution in [3.8, 4) is 0 Å². The molecule has 0 saturated carbocycles. The van der Waals surface area contributed by atoms with Crippen LogP contribution in [0, 0.1) is 6.92 Å². The monoisotopic (exact) mass is 417 g/mol. The maximum atomic E-state index is 13.0. The van der Waals surface area contributed by atoms with Gasteiger partial charge in [0.15, 0.2) is 0 Å². The largest absolute Gasteiger partial charge is 0.379 e. The van der Waals surface area contributed by atoms with Crippen molar-refractivity contribution in [2.75, 3.05) is 31.6 Å². The fraction of sp³-hybridized carbons (Fsp3) is 0.263. The van der Waals surface area contributed by atoms with Crippen LogP contribution in [0.5, 0.6) is 0 Å². The third-order valence-electron chi connectivity index (χ3n) is 4.64. The zero-order valence-corrected chi connectivity index (χ0v) is 16.8. The molecular formula is C19H19N3O4S2. The van der Waals surface area contributed by atoms with Gasteiger partial charge in [-0.15, -0.1) is 11.3 Å². The summed E-state index contributed by atoms with van der Waals surface area (Å²) in [5.74, 6) is -0.448. The molecule has 146 valence electrons. The molecule has 0 bridgehead atoms. The number of anilines is 1. The highest BCUT2D eigenvalue weighted by Gasteiger charge is 2.31. The molecule has 0 radical (unpaired) electrons. The number of aryl methyl sites for hydroxylation is 1. The summed E-state index contributed by atoms with van der Waals surface area (Å²) in [6, 6.07) is 8.85. The molecule has 4 rings (SSSR count). The van der Waals surface area contributed by atoms with Gasteiger partial charge in [-0.2, -0.15) is 4.31 Å². The summed E-state index contributed by atoms with van der Waals surface area (Å²) in [6.07, 6.45) is 1.70. The Balaban J connectivity index is 1.66. The lowest BCUT2D eigenvalue weighted by atomic mass is 10.1. The molecule has 1 fully saturated rings. The Hall–Kier alpha value is -2.33. The molecule has 0 aliphatic carbocycles. The Morgan fingerprint density at radius 1 is 1.21 bits per heavy atom. The summed E-state index contributed by atoms with van der Waals surface area (Å²) in [5.41, 5.74) is 2.40. The van der Waals surface area contributed by atoms with Crippen LogP contribution < -0.4 is 5.32 Å². The second-order valence-corrected chi connectivity index (χ2v) is 9.24. The average molecular weight is 418 g/mol. The van der Waals surface area contributed by atoms with Gasteiger partial charge in [0.25, 0.3) is 5.91 Å². The molecule has 0 atom stereocenters. The fourth-order valence-electron chi connectivity index (χ4n) is 3.19. The number of benzene rings is 1. The molecule has 7 nitrogen and oxygen atoms in total. The first-order valence-corrected chi connectivity index (χ1v) is 11.1. The number of thiophene rings is 1. The van der Waals surface area contributed by atoms with Crippen molar-refractivity contribution in [3.05, 3.63) is 52.3 Å². The van der Waals surface area contributed by atoms with Crippen LogP contribution in [0.25, 0.3) is 10.9 Å². The van der Waals surface area contributed by atoms with Crippen LogP contribution in [0.1, 0.15) is 15.2 Å². The summed E-state index contributed by atoms with van der Waals surface area (Å²) >= 11 is 1.11. The van der Waals surface area contributed by atoms with E-state index in [4.69, 9.17) is 4.74 Å². The second-order valence-electron chi connectivity index (χ2n) is 6.41. The lowest BCUT2D eigenvalue weighted by molar-refractivity contribution is 0.0730. The van der Waals surface area contributed by atoms with Crippen LogP contribution in [-0.2, 0) is 14.8 Å². The van der Waals surface area contributed by atoms with Gasteiger partial charge in [-0.25, -0.2) is 8.42 Å². The van der Waals surface area contributed by atoms with Gasteiger partial charge in [0.05, 0.1) is 24.4 Å². The van der Waals surface area contributed by atoms with E-state index in [2.05, 4.69) is 10.3 Å². The van der Waals surface area contributed by atoms with E-state index in [9.17, 15) is 13.2 Å². The molecule has 3 heterocycles. The number of pyridine rings is 1. The third-order valence-corrected chi connectivity index (χ3v) is 7.63. The van der Waals surface area contributed by atoms with E-state index in [1.165, 1.54) is 10.4 Å². The average Bonchev–Trinajstić information content (AvgIpc) is 3.22. The summed E-state index contributed by atoms with van der Waals surface area (Å²) in [5, 5.41) is 5.29. The van der Waals surface area contributed by atoms with Gasteiger partial charge in [0.1, 0.15) is 9.77 Å². The quantitative estimate of drug-likeness (QED) is 0.705. The summed E-state index contributed by atoms with van der Waals surface area (Å²) in [6.45, 7) is 3.23. The summed E-state index contributed by atoms with van der Waals surface area (Å²) in [4.78, 5) is 17.5. The van der Waals surface area contributed by atoms with Crippen LogP contribution >= 0.6 is 11.3 Å². The van der Waals surface area contributed by atoms with E-state index in [0.29, 0.717) is 18.9 Å². The predicted octanol–water partition coefficient (Wildman–Crippen LogP) is 2.88. The van der Waals surface area contributed by atoms with Crippen molar-refractivity contribution < 1.29 is 17.9 Å². The van der Waals surface area contributed by atoms with Crippen LogP contribution in [0.15, 0.2) is 46.8 Å². The van der Waals surface area contributed by atoms with Crippen molar-refractivity contribution in [2.24, 2.45) is 0 Å². The molecule has 1 saturated heterocycles. The van der Waals surface area contributed by atoms with Crippen molar-refractivity contribution >= 4 is 43.9 Å². The number of rotatable bonds is 4. The number of hydrogen-bond acceptors (Lipinski definition) is 6. The van der Waals surface area contributed by atoms with Gasteiger partial charge >= 0.3 is 0 Å².